The molecule has 0 spiro atoms. The largest absolute Gasteiger partial charge is 0.456 e. The fraction of sp³-hybridized carbons (Fsp3) is 0.400. The molecule has 4 heteroatoms. The monoisotopic (exact) mass is 192 g/mol. The molecule has 4 nitrogen and oxygen atoms in total. The van der Waals surface area contributed by atoms with Gasteiger partial charge in [-0.05, 0) is 19.9 Å². The summed E-state index contributed by atoms with van der Waals surface area (Å²) in [4.78, 5) is 10.9. The first-order valence-corrected chi connectivity index (χ1v) is 4.41. The van der Waals surface area contributed by atoms with Gasteiger partial charge in [0.25, 0.3) is 0 Å². The van der Waals surface area contributed by atoms with Crippen LogP contribution in [-0.4, -0.2) is 22.4 Å². The van der Waals surface area contributed by atoms with Gasteiger partial charge in [0, 0.05) is 18.3 Å². The Bertz CT molecular complexity index is 346. The maximum atomic E-state index is 10.9. The van der Waals surface area contributed by atoms with Gasteiger partial charge in [0.05, 0.1) is 6.61 Å². The molecule has 1 unspecified atom stereocenters. The molecule has 0 aliphatic carbocycles. The zero-order valence-corrected chi connectivity index (χ0v) is 8.23. The first-order chi connectivity index (χ1) is 6.74. The minimum atomic E-state index is -0.494. The van der Waals surface area contributed by atoms with Gasteiger partial charge in [-0.3, -0.25) is 4.68 Å². The van der Waals surface area contributed by atoms with Crippen LogP contribution in [0.1, 0.15) is 19.9 Å². The van der Waals surface area contributed by atoms with E-state index in [1.165, 1.54) is 0 Å². The summed E-state index contributed by atoms with van der Waals surface area (Å²) in [5.74, 6) is 4.65. The van der Waals surface area contributed by atoms with Crippen LogP contribution in [0.2, 0.25) is 0 Å². The maximum absolute atomic E-state index is 10.9. The molecule has 0 fully saturated rings. The second-order valence-corrected chi connectivity index (χ2v) is 2.65. The van der Waals surface area contributed by atoms with Crippen molar-refractivity contribution in [1.82, 2.24) is 9.78 Å². The van der Waals surface area contributed by atoms with Gasteiger partial charge in [-0.15, -0.1) is 0 Å². The molecular formula is C10H12N2O2. The van der Waals surface area contributed by atoms with Gasteiger partial charge in [-0.1, -0.05) is 5.92 Å². The van der Waals surface area contributed by atoms with E-state index in [4.69, 9.17) is 0 Å². The molecule has 74 valence electrons. The average Bonchev–Trinajstić information content (AvgIpc) is 2.67. The normalized spacial score (nSPS) is 11.3. The highest BCUT2D eigenvalue weighted by atomic mass is 16.5. The zero-order chi connectivity index (χ0) is 10.4. The Hall–Kier alpha value is -1.76. The number of hydrogen-bond donors (Lipinski definition) is 0. The molecule has 14 heavy (non-hydrogen) atoms. The molecule has 1 aromatic heterocycles. The van der Waals surface area contributed by atoms with Crippen LogP contribution in [0.5, 0.6) is 0 Å². The van der Waals surface area contributed by atoms with Gasteiger partial charge in [0.2, 0.25) is 0 Å². The summed E-state index contributed by atoms with van der Waals surface area (Å²) in [6, 6.07) is 1.69. The lowest BCUT2D eigenvalue weighted by Crippen LogP contribution is -2.05. The zero-order valence-electron chi connectivity index (χ0n) is 8.23. The molecule has 0 aliphatic heterocycles. The van der Waals surface area contributed by atoms with Gasteiger partial charge >= 0.3 is 5.97 Å². The van der Waals surface area contributed by atoms with E-state index in [9.17, 15) is 4.79 Å². The van der Waals surface area contributed by atoms with Gasteiger partial charge in [0.1, 0.15) is 6.04 Å². The number of esters is 1. The maximum Gasteiger partial charge on any atom is 0.384 e. The van der Waals surface area contributed by atoms with Crippen molar-refractivity contribution in [2.24, 2.45) is 0 Å². The summed E-state index contributed by atoms with van der Waals surface area (Å²) >= 11 is 0. The highest BCUT2D eigenvalue weighted by Gasteiger charge is 1.99. The van der Waals surface area contributed by atoms with Gasteiger partial charge < -0.3 is 4.74 Å². The van der Waals surface area contributed by atoms with Gasteiger partial charge in [0.15, 0.2) is 0 Å². The van der Waals surface area contributed by atoms with E-state index in [1.54, 1.807) is 24.0 Å². The standard InChI is InChI=1S/C10H12N2O2/c1-3-14-10(13)6-5-9(2)12-8-4-7-11-12/h4,7-9H,3H2,1-2H3. The van der Waals surface area contributed by atoms with Crippen molar-refractivity contribution in [2.45, 2.75) is 19.9 Å². The van der Waals surface area contributed by atoms with E-state index >= 15 is 0 Å². The molecule has 1 aromatic rings. The van der Waals surface area contributed by atoms with Crippen molar-refractivity contribution < 1.29 is 9.53 Å². The summed E-state index contributed by atoms with van der Waals surface area (Å²) in [6.45, 7) is 3.96. The Labute approximate surface area is 82.9 Å². The van der Waals surface area contributed by atoms with E-state index in [2.05, 4.69) is 21.7 Å². The van der Waals surface area contributed by atoms with E-state index < -0.39 is 5.97 Å². The molecule has 0 saturated heterocycles. The number of nitrogens with zero attached hydrogens (tertiary/aromatic N) is 2. The Kier molecular flexibility index (Phi) is 3.74. The van der Waals surface area contributed by atoms with Gasteiger partial charge in [-0.25, -0.2) is 4.79 Å². The predicted octanol–water partition coefficient (Wildman–Crippen LogP) is 1.01. The van der Waals surface area contributed by atoms with Crippen LogP contribution < -0.4 is 0 Å². The van der Waals surface area contributed by atoms with Crippen molar-refractivity contribution in [2.75, 3.05) is 6.61 Å². The second-order valence-electron chi connectivity index (χ2n) is 2.65. The highest BCUT2D eigenvalue weighted by Crippen LogP contribution is 1.99. The number of rotatable bonds is 2. The van der Waals surface area contributed by atoms with Crippen LogP contribution in [0.4, 0.5) is 0 Å². The van der Waals surface area contributed by atoms with Crippen molar-refractivity contribution in [3.8, 4) is 11.8 Å². The molecule has 0 aliphatic rings. The number of ether oxygens (including phenoxy) is 1. The van der Waals surface area contributed by atoms with Crippen LogP contribution in [-0.2, 0) is 9.53 Å². The van der Waals surface area contributed by atoms with Crippen molar-refractivity contribution >= 4 is 5.97 Å². The SMILES string of the molecule is CCOC(=O)C#CC(C)n1cccn1. The number of hydrogen-bond acceptors (Lipinski definition) is 3. The first-order valence-electron chi connectivity index (χ1n) is 4.41. The minimum absolute atomic E-state index is 0.116. The summed E-state index contributed by atoms with van der Waals surface area (Å²) in [5.41, 5.74) is 0. The number of aromatic nitrogens is 2. The lowest BCUT2D eigenvalue weighted by atomic mass is 10.3. The molecule has 0 saturated carbocycles. The van der Waals surface area contributed by atoms with Crippen LogP contribution in [0.3, 0.4) is 0 Å². The van der Waals surface area contributed by atoms with Crippen LogP contribution in [0.15, 0.2) is 18.5 Å². The lowest BCUT2D eigenvalue weighted by molar-refractivity contribution is -0.136. The molecule has 0 amide bonds. The highest BCUT2D eigenvalue weighted by molar-refractivity contribution is 5.88. The Morgan fingerprint density at radius 3 is 3.07 bits per heavy atom. The smallest absolute Gasteiger partial charge is 0.384 e. The van der Waals surface area contributed by atoms with E-state index in [-0.39, 0.29) is 6.04 Å². The number of carbonyl (C=O) groups is 1. The molecule has 1 rings (SSSR count). The fourth-order valence-corrected chi connectivity index (χ4v) is 0.906. The van der Waals surface area contributed by atoms with E-state index in [0.29, 0.717) is 6.61 Å². The topological polar surface area (TPSA) is 44.1 Å². The third-order valence-corrected chi connectivity index (χ3v) is 1.58. The van der Waals surface area contributed by atoms with Crippen LogP contribution in [0, 0.1) is 11.8 Å². The average molecular weight is 192 g/mol. The quantitative estimate of drug-likeness (QED) is 0.399. The molecule has 0 bridgehead atoms. The molecule has 1 heterocycles. The third kappa shape index (κ3) is 2.94. The predicted molar refractivity (Wildman–Crippen MR) is 51.3 cm³/mol. The van der Waals surface area contributed by atoms with E-state index in [1.807, 2.05) is 13.0 Å². The molecule has 0 radical (unpaired) electrons. The molecule has 0 N–H and O–H groups in total. The summed E-state index contributed by atoms with van der Waals surface area (Å²) < 4.78 is 6.34. The summed E-state index contributed by atoms with van der Waals surface area (Å²) in [6.07, 6.45) is 3.47. The van der Waals surface area contributed by atoms with E-state index in [0.717, 1.165) is 0 Å². The number of carbonyl (C=O) groups excluding carboxylic acids is 1. The molecular weight excluding hydrogens is 180 g/mol. The lowest BCUT2D eigenvalue weighted by Gasteiger charge is -2.02. The Balaban J connectivity index is 2.55. The molecule has 1 atom stereocenters. The summed E-state index contributed by atoms with van der Waals surface area (Å²) in [7, 11) is 0. The van der Waals surface area contributed by atoms with Gasteiger partial charge in [-0.2, -0.15) is 5.10 Å². The van der Waals surface area contributed by atoms with Crippen molar-refractivity contribution in [3.05, 3.63) is 18.5 Å². The Morgan fingerprint density at radius 1 is 1.71 bits per heavy atom. The minimum Gasteiger partial charge on any atom is -0.456 e. The van der Waals surface area contributed by atoms with Crippen LogP contribution >= 0.6 is 0 Å². The Morgan fingerprint density at radius 2 is 2.50 bits per heavy atom. The summed E-state index contributed by atoms with van der Waals surface area (Å²) in [5, 5.41) is 4.00. The first kappa shape index (κ1) is 10.3. The second kappa shape index (κ2) is 5.07. The van der Waals surface area contributed by atoms with Crippen molar-refractivity contribution in [1.29, 1.82) is 0 Å². The van der Waals surface area contributed by atoms with Crippen LogP contribution in [0.25, 0.3) is 0 Å². The van der Waals surface area contributed by atoms with Crippen molar-refractivity contribution in [3.63, 3.8) is 0 Å². The molecule has 0 aromatic carbocycles. The third-order valence-electron chi connectivity index (χ3n) is 1.58. The fourth-order valence-electron chi connectivity index (χ4n) is 0.906.